The largest absolute Gasteiger partial charge is 0.378 e. The number of aromatic nitrogens is 3. The summed E-state index contributed by atoms with van der Waals surface area (Å²) in [5.41, 5.74) is 3.29. The van der Waals surface area contributed by atoms with Crippen LogP contribution in [0.3, 0.4) is 0 Å². The Morgan fingerprint density at radius 1 is 1.19 bits per heavy atom. The normalized spacial score (nSPS) is 14.4. The zero-order valence-corrected chi connectivity index (χ0v) is 17.0. The summed E-state index contributed by atoms with van der Waals surface area (Å²) in [7, 11) is 1.94. The maximum Gasteiger partial charge on any atom is 0.234 e. The Bertz CT molecular complexity index is 764. The van der Waals surface area contributed by atoms with Gasteiger partial charge in [-0.1, -0.05) is 43.8 Å². The summed E-state index contributed by atoms with van der Waals surface area (Å²) in [6.45, 7) is 7.23. The molecule has 0 radical (unpaired) electrons. The van der Waals surface area contributed by atoms with E-state index in [9.17, 15) is 4.79 Å². The summed E-state index contributed by atoms with van der Waals surface area (Å²) in [6.07, 6.45) is 1.78. The molecule has 7 nitrogen and oxygen atoms in total. The van der Waals surface area contributed by atoms with Gasteiger partial charge in [-0.15, -0.1) is 10.2 Å². The molecule has 0 aliphatic carbocycles. The molecule has 2 heterocycles. The molecule has 1 aliphatic rings. The Hall–Kier alpha value is -2.06. The van der Waals surface area contributed by atoms with Crippen molar-refractivity contribution in [3.05, 3.63) is 29.3 Å². The number of nitrogens with one attached hydrogen (secondary N) is 1. The molecule has 1 aromatic carbocycles. The second-order valence-corrected chi connectivity index (χ2v) is 7.38. The van der Waals surface area contributed by atoms with Crippen LogP contribution < -0.4 is 10.2 Å². The second kappa shape index (κ2) is 9.23. The lowest BCUT2D eigenvalue weighted by atomic mass is 10.0. The minimum atomic E-state index is -0.0217. The van der Waals surface area contributed by atoms with Crippen molar-refractivity contribution in [3.63, 3.8) is 0 Å². The van der Waals surface area contributed by atoms with E-state index in [-0.39, 0.29) is 5.91 Å². The van der Waals surface area contributed by atoms with E-state index in [4.69, 9.17) is 4.74 Å². The predicted molar refractivity (Wildman–Crippen MR) is 109 cm³/mol. The fourth-order valence-corrected chi connectivity index (χ4v) is 3.89. The molecule has 0 bridgehead atoms. The molecule has 1 N–H and O–H groups in total. The monoisotopic (exact) mass is 389 g/mol. The van der Waals surface area contributed by atoms with Gasteiger partial charge in [0.1, 0.15) is 0 Å². The van der Waals surface area contributed by atoms with Crippen molar-refractivity contribution in [3.8, 4) is 0 Å². The Kier molecular flexibility index (Phi) is 6.73. The first-order valence-corrected chi connectivity index (χ1v) is 10.4. The van der Waals surface area contributed by atoms with Crippen LogP contribution in [0, 0.1) is 0 Å². The Morgan fingerprint density at radius 2 is 1.85 bits per heavy atom. The highest BCUT2D eigenvalue weighted by Crippen LogP contribution is 2.24. The van der Waals surface area contributed by atoms with Crippen molar-refractivity contribution in [2.45, 2.75) is 31.8 Å². The Labute approximate surface area is 164 Å². The van der Waals surface area contributed by atoms with Gasteiger partial charge in [-0.05, 0) is 24.0 Å². The summed E-state index contributed by atoms with van der Waals surface area (Å²) in [5, 5.41) is 12.4. The van der Waals surface area contributed by atoms with Crippen LogP contribution in [0.25, 0.3) is 0 Å². The van der Waals surface area contributed by atoms with E-state index in [1.54, 1.807) is 0 Å². The lowest BCUT2D eigenvalue weighted by Gasteiger charge is -2.27. The van der Waals surface area contributed by atoms with Gasteiger partial charge in [-0.25, -0.2) is 0 Å². The van der Waals surface area contributed by atoms with Crippen LogP contribution in [-0.4, -0.2) is 52.7 Å². The number of ether oxygens (including phenoxy) is 1. The molecule has 0 saturated carbocycles. The van der Waals surface area contributed by atoms with Gasteiger partial charge in [-0.3, -0.25) is 9.36 Å². The van der Waals surface area contributed by atoms with Crippen LogP contribution in [0.1, 0.15) is 25.0 Å². The van der Waals surface area contributed by atoms with Crippen molar-refractivity contribution in [2.75, 3.05) is 42.3 Å². The number of amides is 1. The highest BCUT2D eigenvalue weighted by molar-refractivity contribution is 7.99. The average Bonchev–Trinajstić information content (AvgIpc) is 3.07. The first-order chi connectivity index (χ1) is 13.1. The summed E-state index contributed by atoms with van der Waals surface area (Å²) in [4.78, 5) is 14.7. The lowest BCUT2D eigenvalue weighted by molar-refractivity contribution is -0.113. The number of anilines is 2. The molecule has 8 heteroatoms. The number of benzene rings is 1. The third-order valence-electron chi connectivity index (χ3n) is 4.70. The van der Waals surface area contributed by atoms with E-state index in [1.165, 1.54) is 22.9 Å². The molecule has 0 spiro atoms. The molecule has 1 aliphatic heterocycles. The number of hydrogen-bond donors (Lipinski definition) is 1. The third kappa shape index (κ3) is 4.62. The van der Waals surface area contributed by atoms with Crippen LogP contribution in [-0.2, 0) is 29.4 Å². The van der Waals surface area contributed by atoms with Gasteiger partial charge in [0.15, 0.2) is 5.16 Å². The van der Waals surface area contributed by atoms with Gasteiger partial charge < -0.3 is 15.0 Å². The standard InChI is InChI=1S/C19H27N5O2S/c1-4-14-7-6-8-15(5-2)17(14)20-16(25)13-27-19-22-21-18(23(19)3)24-9-11-26-12-10-24/h6-8H,4-5,9-13H2,1-3H3,(H,20,25). The van der Waals surface area contributed by atoms with Crippen molar-refractivity contribution in [1.29, 1.82) is 0 Å². The van der Waals surface area contributed by atoms with Gasteiger partial charge >= 0.3 is 0 Å². The van der Waals surface area contributed by atoms with Crippen LogP contribution in [0.4, 0.5) is 11.6 Å². The first kappa shape index (κ1) is 19.7. The fourth-order valence-electron chi connectivity index (χ4n) is 3.18. The van der Waals surface area contributed by atoms with Crippen molar-refractivity contribution >= 4 is 29.3 Å². The average molecular weight is 390 g/mol. The van der Waals surface area contributed by atoms with E-state index in [0.29, 0.717) is 19.0 Å². The zero-order valence-electron chi connectivity index (χ0n) is 16.2. The van der Waals surface area contributed by atoms with Crippen LogP contribution in [0.5, 0.6) is 0 Å². The molecular weight excluding hydrogens is 362 g/mol. The summed E-state index contributed by atoms with van der Waals surface area (Å²) in [5.74, 6) is 1.10. The minimum Gasteiger partial charge on any atom is -0.378 e. The topological polar surface area (TPSA) is 72.3 Å². The van der Waals surface area contributed by atoms with Crippen molar-refractivity contribution in [2.24, 2.45) is 7.05 Å². The van der Waals surface area contributed by atoms with Crippen LogP contribution >= 0.6 is 11.8 Å². The molecule has 1 saturated heterocycles. The van der Waals surface area contributed by atoms with E-state index in [1.807, 2.05) is 11.6 Å². The molecule has 1 amide bonds. The Balaban J connectivity index is 1.63. The fraction of sp³-hybridized carbons (Fsp3) is 0.526. The molecule has 1 aromatic heterocycles. The van der Waals surface area contributed by atoms with E-state index in [0.717, 1.165) is 42.7 Å². The lowest BCUT2D eigenvalue weighted by Crippen LogP contribution is -2.37. The maximum atomic E-state index is 12.5. The van der Waals surface area contributed by atoms with E-state index >= 15 is 0 Å². The third-order valence-corrected chi connectivity index (χ3v) is 5.72. The number of thioether (sulfide) groups is 1. The van der Waals surface area contributed by atoms with E-state index in [2.05, 4.69) is 52.5 Å². The van der Waals surface area contributed by atoms with Crippen molar-refractivity contribution in [1.82, 2.24) is 14.8 Å². The maximum absolute atomic E-state index is 12.5. The number of aryl methyl sites for hydroxylation is 2. The number of hydrogen-bond acceptors (Lipinski definition) is 6. The van der Waals surface area contributed by atoms with Crippen LogP contribution in [0.2, 0.25) is 0 Å². The summed E-state index contributed by atoms with van der Waals surface area (Å²) in [6, 6.07) is 6.19. The number of rotatable bonds is 7. The highest BCUT2D eigenvalue weighted by Gasteiger charge is 2.19. The number of carbonyl (C=O) groups is 1. The van der Waals surface area contributed by atoms with Gasteiger partial charge in [0.05, 0.1) is 19.0 Å². The molecular formula is C19H27N5O2S. The molecule has 0 unspecified atom stereocenters. The number of morpholine rings is 1. The number of carbonyl (C=O) groups excluding carboxylic acids is 1. The van der Waals surface area contributed by atoms with Gasteiger partial charge in [-0.2, -0.15) is 0 Å². The molecule has 2 aromatic rings. The Morgan fingerprint density at radius 3 is 2.48 bits per heavy atom. The predicted octanol–water partition coefficient (Wildman–Crippen LogP) is 2.51. The van der Waals surface area contributed by atoms with Gasteiger partial charge in [0.25, 0.3) is 0 Å². The summed E-state index contributed by atoms with van der Waals surface area (Å²) >= 11 is 1.41. The smallest absolute Gasteiger partial charge is 0.234 e. The second-order valence-electron chi connectivity index (χ2n) is 6.44. The zero-order chi connectivity index (χ0) is 19.2. The molecule has 27 heavy (non-hydrogen) atoms. The number of para-hydroxylation sites is 1. The SMILES string of the molecule is CCc1cccc(CC)c1NC(=O)CSc1nnc(N2CCOCC2)n1C. The van der Waals surface area contributed by atoms with Crippen molar-refractivity contribution < 1.29 is 9.53 Å². The molecule has 1 fully saturated rings. The van der Waals surface area contributed by atoms with Gasteiger partial charge in [0.2, 0.25) is 11.9 Å². The highest BCUT2D eigenvalue weighted by atomic mass is 32.2. The van der Waals surface area contributed by atoms with E-state index < -0.39 is 0 Å². The quantitative estimate of drug-likeness (QED) is 0.734. The number of nitrogens with zero attached hydrogens (tertiary/aromatic N) is 4. The summed E-state index contributed by atoms with van der Waals surface area (Å²) < 4.78 is 7.33. The molecule has 0 atom stereocenters. The minimum absolute atomic E-state index is 0.0217. The molecule has 146 valence electrons. The molecule has 3 rings (SSSR count). The van der Waals surface area contributed by atoms with Gasteiger partial charge in [0, 0.05) is 25.8 Å². The first-order valence-electron chi connectivity index (χ1n) is 9.39. The van der Waals surface area contributed by atoms with Crippen LogP contribution in [0.15, 0.2) is 23.4 Å².